The first kappa shape index (κ1) is 71.7. The minimum Gasteiger partial charge on any atom is -0.506 e. The first-order chi connectivity index (χ1) is 40.5. The fourth-order valence-electron chi connectivity index (χ4n) is 8.92. The molecule has 0 spiro atoms. The van der Waals surface area contributed by atoms with Gasteiger partial charge in [-0.05, 0) is 76.7 Å². The van der Waals surface area contributed by atoms with Crippen molar-refractivity contribution in [3.05, 3.63) is 64.1 Å². The van der Waals surface area contributed by atoms with Gasteiger partial charge in [-0.2, -0.15) is 0 Å². The van der Waals surface area contributed by atoms with Crippen LogP contribution < -0.4 is 31.2 Å². The van der Waals surface area contributed by atoms with Gasteiger partial charge >= 0.3 is 11.9 Å². The molecule has 4 rings (SSSR count). The number of carboxylic acid groups (broad SMARTS) is 1. The van der Waals surface area contributed by atoms with Crippen LogP contribution in [0, 0.1) is 17.8 Å². The van der Waals surface area contributed by atoms with Crippen LogP contribution in [0.25, 0.3) is 0 Å². The van der Waals surface area contributed by atoms with Crippen LogP contribution in [0.2, 0.25) is 0 Å². The maximum Gasteiger partial charge on any atom is 0.306 e. The molecule has 0 aliphatic carbocycles. The second kappa shape index (κ2) is 33.9. The molecule has 8 N–H and O–H groups in total. The number of rotatable bonds is 39. The third kappa shape index (κ3) is 21.9. The van der Waals surface area contributed by atoms with E-state index in [0.717, 1.165) is 45.4 Å². The molecule has 29 heteroatoms. The highest BCUT2D eigenvalue weighted by molar-refractivity contribution is 7.57. The number of aliphatic carboxylic acids is 1. The number of esters is 1. The Morgan fingerprint density at radius 1 is 0.802 bits per heavy atom. The van der Waals surface area contributed by atoms with E-state index < -0.39 is 90.7 Å². The van der Waals surface area contributed by atoms with Crippen molar-refractivity contribution >= 4 is 83.8 Å². The highest BCUT2D eigenvalue weighted by atomic mass is 32.1. The van der Waals surface area contributed by atoms with Crippen molar-refractivity contribution in [2.45, 2.75) is 124 Å². The van der Waals surface area contributed by atoms with Crippen molar-refractivity contribution in [1.29, 1.82) is 0 Å². The molecule has 1 aromatic carbocycles. The number of carboxylic acids is 1. The van der Waals surface area contributed by atoms with Crippen LogP contribution >= 0.6 is 18.9 Å². The first-order valence-corrected chi connectivity index (χ1v) is 31.2. The molecule has 3 heterocycles. The maximum atomic E-state index is 14.3. The van der Waals surface area contributed by atoms with E-state index in [1.54, 1.807) is 56.9 Å². The summed E-state index contributed by atoms with van der Waals surface area (Å²) >= 11 is 1.09. The molecular formula is C57H86N11O16PS. The number of aromatic nitrogens is 1. The largest absolute Gasteiger partial charge is 0.506 e. The molecule has 0 fully saturated rings. The fourth-order valence-corrected chi connectivity index (χ4v) is 11.3. The molecule has 0 saturated carbocycles. The summed E-state index contributed by atoms with van der Waals surface area (Å²) in [4.78, 5) is 137. The Morgan fingerprint density at radius 3 is 1.91 bits per heavy atom. The van der Waals surface area contributed by atoms with Gasteiger partial charge in [0.15, 0.2) is 6.10 Å². The van der Waals surface area contributed by atoms with Crippen molar-refractivity contribution in [2.24, 2.45) is 17.8 Å². The van der Waals surface area contributed by atoms with Gasteiger partial charge in [0, 0.05) is 94.9 Å². The lowest BCUT2D eigenvalue weighted by Crippen LogP contribution is -2.60. The zero-order valence-electron chi connectivity index (χ0n) is 51.0. The predicted molar refractivity (Wildman–Crippen MR) is 319 cm³/mol. The van der Waals surface area contributed by atoms with E-state index in [1.807, 2.05) is 27.7 Å². The van der Waals surface area contributed by atoms with E-state index in [0.29, 0.717) is 23.4 Å². The number of hydrogen-bond donors (Lipinski definition) is 8. The smallest absolute Gasteiger partial charge is 0.306 e. The number of phenolic OH excluding ortho intramolecular Hbond substituents is 1. The highest BCUT2D eigenvalue weighted by Gasteiger charge is 2.39. The third-order valence-corrected chi connectivity index (χ3v) is 17.9. The lowest BCUT2D eigenvalue weighted by atomic mass is 9.92. The molecule has 0 radical (unpaired) electrons. The molecule has 2 aliphatic heterocycles. The van der Waals surface area contributed by atoms with Gasteiger partial charge in [0.2, 0.25) is 17.7 Å². The fraction of sp³-hybridized carbons (Fsp3) is 0.596. The van der Waals surface area contributed by atoms with E-state index >= 15 is 0 Å². The van der Waals surface area contributed by atoms with Gasteiger partial charge in [-0.3, -0.25) is 67.2 Å². The second-order valence-corrected chi connectivity index (χ2v) is 25.2. The molecule has 6 atom stereocenters. The normalized spacial score (nSPS) is 15.7. The van der Waals surface area contributed by atoms with Gasteiger partial charge < -0.3 is 45.3 Å². The lowest BCUT2D eigenvalue weighted by Gasteiger charge is -2.38. The Morgan fingerprint density at radius 2 is 1.37 bits per heavy atom. The number of thiazole rings is 1. The number of amides is 8. The Labute approximate surface area is 506 Å². The molecule has 1 aromatic heterocycles. The number of phenols is 1. The van der Waals surface area contributed by atoms with Gasteiger partial charge in [0.25, 0.3) is 37.1 Å². The van der Waals surface area contributed by atoms with Crippen LogP contribution in [-0.2, 0) is 68.3 Å². The van der Waals surface area contributed by atoms with Gasteiger partial charge in [0.1, 0.15) is 22.5 Å². The summed E-state index contributed by atoms with van der Waals surface area (Å²) in [5.74, 6) is -6.78. The molecule has 27 nitrogen and oxygen atoms in total. The monoisotopic (exact) mass is 1240 g/mol. The number of nitrogens with zero attached hydrogens (tertiary/aromatic N) is 5. The number of likely N-dealkylation sites (N-methyl/N-ethyl adjacent to an activating group) is 2. The van der Waals surface area contributed by atoms with Crippen molar-refractivity contribution in [2.75, 3.05) is 85.6 Å². The Hall–Kier alpha value is -6.78. The zero-order valence-corrected chi connectivity index (χ0v) is 52.7. The second-order valence-electron chi connectivity index (χ2n) is 22.2. The average Bonchev–Trinajstić information content (AvgIpc) is 2.64. The standard InChI is InChI=1S/C57H86N11O16PS/c1-12-36(4)51(64-56(80)57(7,8)65(9)10)54(77)66(11)43(35(2)3)33-45(84-38(6)69)53-63-42(34-86-53)52(76)61-40(31-37(5)55(78)79)15-13-39-14-16-44(70)41(32-39)62-46(71)21-27-82-29-30-83-28-24-60-85(81,58-22-25-67-47(72)17-18-48(67)73)59-23-26-68-49(74)19-20-50(68)75/h14,16-20,32,34-37,40,43,45,51,70H,12-13,15,21-31,33H2,1-11H3,(H,61,76)(H,62,71)(H,64,80)(H,78,79)(H3,58,59,60,81)/t36-,37?,40-,43+,45+,51-/m0/s1. The summed E-state index contributed by atoms with van der Waals surface area (Å²) in [6, 6.07) is 2.59. The number of ether oxygens (including phenoxy) is 3. The van der Waals surface area contributed by atoms with E-state index in [1.165, 1.54) is 25.3 Å². The van der Waals surface area contributed by atoms with Crippen LogP contribution in [0.15, 0.2) is 47.9 Å². The van der Waals surface area contributed by atoms with E-state index in [4.69, 9.17) is 14.2 Å². The van der Waals surface area contributed by atoms with Crippen molar-refractivity contribution in [1.82, 2.24) is 50.5 Å². The number of aromatic hydroxyl groups is 1. The molecule has 2 aromatic rings. The number of anilines is 1. The summed E-state index contributed by atoms with van der Waals surface area (Å²) in [6.07, 6.45) is 4.82. The Bertz CT molecular complexity index is 2760. The molecule has 1 unspecified atom stereocenters. The van der Waals surface area contributed by atoms with E-state index in [2.05, 4.69) is 36.2 Å². The van der Waals surface area contributed by atoms with Crippen molar-refractivity contribution in [3.8, 4) is 5.75 Å². The highest BCUT2D eigenvalue weighted by Crippen LogP contribution is 2.33. The van der Waals surface area contributed by atoms with Crippen LogP contribution in [0.5, 0.6) is 5.75 Å². The topological polar surface area (TPSA) is 354 Å². The molecule has 86 heavy (non-hydrogen) atoms. The zero-order chi connectivity index (χ0) is 64.1. The quantitative estimate of drug-likeness (QED) is 0.0157. The van der Waals surface area contributed by atoms with Crippen LogP contribution in [-0.4, -0.2) is 198 Å². The SMILES string of the molecule is CC[C@H](C)[C@H](NC(=O)C(C)(C)N(C)C)C(=O)N(C)[C@H](C[C@@H](OC(C)=O)c1nc(C(=O)N[C@@H](CCc2ccc(O)c(NC(=O)CCOCCOCCNP(=O)(NCCN3C(=O)C=CC3=O)NCCN3C(=O)C=CC3=O)c2)CC(C)C(=O)O)cs1)C(C)C. The van der Waals surface area contributed by atoms with E-state index in [9.17, 15) is 62.7 Å². The number of aryl methyl sites for hydroxylation is 1. The first-order valence-electron chi connectivity index (χ1n) is 28.6. The van der Waals surface area contributed by atoms with Crippen molar-refractivity contribution < 1.29 is 76.9 Å². The summed E-state index contributed by atoms with van der Waals surface area (Å²) in [7, 11) is 1.62. The summed E-state index contributed by atoms with van der Waals surface area (Å²) < 4.78 is 30.7. The van der Waals surface area contributed by atoms with Gasteiger partial charge in [0.05, 0.1) is 50.0 Å². The van der Waals surface area contributed by atoms with Crippen LogP contribution in [0.4, 0.5) is 5.69 Å². The van der Waals surface area contributed by atoms with Gasteiger partial charge in [-0.15, -0.1) is 11.3 Å². The van der Waals surface area contributed by atoms with Crippen molar-refractivity contribution in [3.63, 3.8) is 0 Å². The number of carbonyl (C=O) groups excluding carboxylic acids is 9. The minimum absolute atomic E-state index is 0.00233. The summed E-state index contributed by atoms with van der Waals surface area (Å²) in [5.41, 5.74) is -0.123. The molecule has 0 saturated heterocycles. The third-order valence-electron chi connectivity index (χ3n) is 14.9. The van der Waals surface area contributed by atoms with E-state index in [-0.39, 0.29) is 126 Å². The predicted octanol–water partition coefficient (Wildman–Crippen LogP) is 3.13. The number of hydrogen-bond acceptors (Lipinski definition) is 18. The van der Waals surface area contributed by atoms with Crippen LogP contribution in [0.3, 0.4) is 0 Å². The Balaban J connectivity index is 1.30. The number of imide groups is 2. The number of carbonyl (C=O) groups is 10. The van der Waals surface area contributed by atoms with Gasteiger partial charge in [-0.25, -0.2) is 20.2 Å². The minimum atomic E-state index is -3.61. The Kier molecular flexibility index (Phi) is 28.3. The summed E-state index contributed by atoms with van der Waals surface area (Å²) in [6.45, 7) is 14.1. The molecule has 8 amide bonds. The molecular weight excluding hydrogens is 1160 g/mol. The van der Waals surface area contributed by atoms with Gasteiger partial charge in [-0.1, -0.05) is 47.1 Å². The maximum absolute atomic E-state index is 14.3. The van der Waals surface area contributed by atoms with Crippen LogP contribution in [0.1, 0.15) is 115 Å². The molecule has 476 valence electrons. The number of nitrogens with one attached hydrogen (secondary N) is 6. The molecule has 0 bridgehead atoms. The lowest BCUT2D eigenvalue weighted by molar-refractivity contribution is -0.149. The molecule has 2 aliphatic rings. The average molecular weight is 1240 g/mol. The summed E-state index contributed by atoms with van der Waals surface area (Å²) in [5, 5.41) is 39.3. The number of benzene rings is 1.